The number of hydrogen-bond acceptors (Lipinski definition) is 4. The number of anilines is 1. The van der Waals surface area contributed by atoms with Crippen molar-refractivity contribution in [3.63, 3.8) is 0 Å². The van der Waals surface area contributed by atoms with E-state index in [1.807, 2.05) is 6.07 Å². The van der Waals surface area contributed by atoms with Crippen molar-refractivity contribution in [2.45, 2.75) is 36.7 Å². The van der Waals surface area contributed by atoms with Crippen molar-refractivity contribution in [3.8, 4) is 0 Å². The van der Waals surface area contributed by atoms with Crippen LogP contribution in [0.1, 0.15) is 31.6 Å². The minimum Gasteiger partial charge on any atom is -0.440 e. The molecule has 0 spiro atoms. The van der Waals surface area contributed by atoms with Crippen LogP contribution >= 0.6 is 0 Å². The van der Waals surface area contributed by atoms with Gasteiger partial charge in [-0.15, -0.1) is 0 Å². The zero-order chi connectivity index (χ0) is 12.5. The van der Waals surface area contributed by atoms with Gasteiger partial charge in [0.15, 0.2) is 5.58 Å². The monoisotopic (exact) mass is 264 g/mol. The molecule has 1 saturated carbocycles. The third kappa shape index (κ3) is 2.27. The average molecular weight is 264 g/mol. The van der Waals surface area contributed by atoms with Crippen LogP contribution in [-0.4, -0.2) is 14.4 Å². The van der Waals surface area contributed by atoms with Crippen molar-refractivity contribution in [3.05, 3.63) is 24.1 Å². The largest absolute Gasteiger partial charge is 0.440 e. The van der Waals surface area contributed by atoms with Gasteiger partial charge in [-0.05, 0) is 25.0 Å². The SMILES string of the molecule is Nc1ccc2nc(CS(=O)C3CCCC3)oc2c1. The summed E-state index contributed by atoms with van der Waals surface area (Å²) in [6.45, 7) is 0. The Hall–Kier alpha value is -1.36. The normalized spacial score (nSPS) is 18.4. The molecule has 96 valence electrons. The van der Waals surface area contributed by atoms with Crippen LogP contribution in [0.3, 0.4) is 0 Å². The summed E-state index contributed by atoms with van der Waals surface area (Å²) in [5, 5.41) is 0.324. The molecule has 1 aliphatic rings. The number of nitrogens with zero attached hydrogens (tertiary/aromatic N) is 1. The van der Waals surface area contributed by atoms with E-state index in [4.69, 9.17) is 10.2 Å². The predicted octanol–water partition coefficient (Wildman–Crippen LogP) is 2.60. The highest BCUT2D eigenvalue weighted by molar-refractivity contribution is 7.84. The summed E-state index contributed by atoms with van der Waals surface area (Å²) in [6.07, 6.45) is 4.53. The first-order chi connectivity index (χ1) is 8.72. The molecule has 0 radical (unpaired) electrons. The van der Waals surface area contributed by atoms with Crippen molar-refractivity contribution in [2.75, 3.05) is 5.73 Å². The second-order valence-electron chi connectivity index (χ2n) is 4.77. The number of hydrogen-bond donors (Lipinski definition) is 1. The molecule has 4 nitrogen and oxygen atoms in total. The molecule has 18 heavy (non-hydrogen) atoms. The van der Waals surface area contributed by atoms with Crippen LogP contribution in [0.25, 0.3) is 11.1 Å². The molecule has 5 heteroatoms. The van der Waals surface area contributed by atoms with Crippen LogP contribution in [0.2, 0.25) is 0 Å². The molecular formula is C13H16N2O2S. The fraction of sp³-hybridized carbons (Fsp3) is 0.462. The van der Waals surface area contributed by atoms with Gasteiger partial charge < -0.3 is 10.2 Å². The van der Waals surface area contributed by atoms with Gasteiger partial charge in [0.25, 0.3) is 0 Å². The van der Waals surface area contributed by atoms with Gasteiger partial charge in [-0.1, -0.05) is 12.8 Å². The molecule has 1 heterocycles. The zero-order valence-corrected chi connectivity index (χ0v) is 10.9. The summed E-state index contributed by atoms with van der Waals surface area (Å²) in [7, 11) is -0.866. The number of rotatable bonds is 3. The standard InChI is InChI=1S/C13H16N2O2S/c14-9-5-6-11-12(7-9)17-13(15-11)8-18(16)10-3-1-2-4-10/h5-7,10H,1-4,8,14H2. The van der Waals surface area contributed by atoms with E-state index in [2.05, 4.69) is 4.98 Å². The van der Waals surface area contributed by atoms with Gasteiger partial charge in [0.2, 0.25) is 5.89 Å². The van der Waals surface area contributed by atoms with Crippen LogP contribution < -0.4 is 5.73 Å². The van der Waals surface area contributed by atoms with Crippen molar-refractivity contribution in [2.24, 2.45) is 0 Å². The topological polar surface area (TPSA) is 69.1 Å². The van der Waals surface area contributed by atoms with E-state index in [9.17, 15) is 4.21 Å². The Morgan fingerprint density at radius 1 is 1.39 bits per heavy atom. The average Bonchev–Trinajstić information content (AvgIpc) is 2.95. The Morgan fingerprint density at radius 2 is 2.17 bits per heavy atom. The maximum absolute atomic E-state index is 12.1. The van der Waals surface area contributed by atoms with Gasteiger partial charge in [0, 0.05) is 27.8 Å². The van der Waals surface area contributed by atoms with Gasteiger partial charge in [-0.2, -0.15) is 0 Å². The Balaban J connectivity index is 1.79. The molecule has 1 aliphatic carbocycles. The summed E-state index contributed by atoms with van der Waals surface area (Å²) < 4.78 is 17.7. The van der Waals surface area contributed by atoms with Crippen LogP contribution in [0.4, 0.5) is 5.69 Å². The molecule has 0 aliphatic heterocycles. The smallest absolute Gasteiger partial charge is 0.208 e. The fourth-order valence-corrected chi connectivity index (χ4v) is 3.90. The van der Waals surface area contributed by atoms with Crippen LogP contribution in [0, 0.1) is 0 Å². The lowest BCUT2D eigenvalue weighted by atomic mass is 10.3. The minimum absolute atomic E-state index is 0.324. The number of aromatic nitrogens is 1. The van der Waals surface area contributed by atoms with Gasteiger partial charge >= 0.3 is 0 Å². The predicted molar refractivity (Wildman–Crippen MR) is 72.5 cm³/mol. The lowest BCUT2D eigenvalue weighted by Crippen LogP contribution is -2.12. The second-order valence-corrected chi connectivity index (χ2v) is 6.48. The Morgan fingerprint density at radius 3 is 2.94 bits per heavy atom. The summed E-state index contributed by atoms with van der Waals surface area (Å²) in [6, 6.07) is 5.38. The molecule has 0 bridgehead atoms. The first-order valence-corrected chi connectivity index (χ1v) is 7.63. The van der Waals surface area contributed by atoms with Crippen LogP contribution in [-0.2, 0) is 16.6 Å². The third-order valence-electron chi connectivity index (χ3n) is 3.40. The number of nitrogen functional groups attached to an aromatic ring is 1. The highest BCUT2D eigenvalue weighted by Crippen LogP contribution is 2.25. The summed E-state index contributed by atoms with van der Waals surface area (Å²) in [4.78, 5) is 4.35. The molecule has 1 unspecified atom stereocenters. The second kappa shape index (κ2) is 4.72. The Kier molecular flexibility index (Phi) is 3.07. The number of benzene rings is 1. The van der Waals surface area contributed by atoms with Crippen molar-refractivity contribution >= 4 is 27.6 Å². The summed E-state index contributed by atoms with van der Waals surface area (Å²) in [5.74, 6) is 0.972. The van der Waals surface area contributed by atoms with E-state index in [1.165, 1.54) is 12.8 Å². The molecule has 2 aromatic rings. The zero-order valence-electron chi connectivity index (χ0n) is 10.1. The summed E-state index contributed by atoms with van der Waals surface area (Å²) in [5.41, 5.74) is 7.80. The summed E-state index contributed by atoms with van der Waals surface area (Å²) >= 11 is 0. The first kappa shape index (κ1) is 11.7. The van der Waals surface area contributed by atoms with E-state index in [0.717, 1.165) is 18.4 Å². The fourth-order valence-electron chi connectivity index (χ4n) is 2.44. The third-order valence-corrected chi connectivity index (χ3v) is 5.14. The molecule has 0 saturated heterocycles. The molecule has 0 amide bonds. The first-order valence-electron chi connectivity index (χ1n) is 6.24. The van der Waals surface area contributed by atoms with Crippen molar-refractivity contribution in [1.82, 2.24) is 4.98 Å². The van der Waals surface area contributed by atoms with E-state index in [1.54, 1.807) is 12.1 Å². The minimum atomic E-state index is -0.866. The Bertz CT molecular complexity index is 588. The quantitative estimate of drug-likeness (QED) is 0.865. The molecule has 1 aromatic carbocycles. The lowest BCUT2D eigenvalue weighted by Gasteiger charge is -2.05. The maximum Gasteiger partial charge on any atom is 0.208 e. The molecule has 3 rings (SSSR count). The molecule has 1 atom stereocenters. The van der Waals surface area contributed by atoms with Gasteiger partial charge in [0.1, 0.15) is 11.3 Å². The highest BCUT2D eigenvalue weighted by Gasteiger charge is 2.22. The molecule has 2 N–H and O–H groups in total. The van der Waals surface area contributed by atoms with Gasteiger partial charge in [0.05, 0.1) is 0 Å². The highest BCUT2D eigenvalue weighted by atomic mass is 32.2. The van der Waals surface area contributed by atoms with Gasteiger partial charge in [-0.3, -0.25) is 4.21 Å². The molecular weight excluding hydrogens is 248 g/mol. The number of nitrogens with two attached hydrogens (primary N) is 1. The number of fused-ring (bicyclic) bond motifs is 1. The Labute approximate surface area is 108 Å². The lowest BCUT2D eigenvalue weighted by molar-refractivity contribution is 0.551. The molecule has 1 fully saturated rings. The van der Waals surface area contributed by atoms with E-state index in [0.29, 0.717) is 28.2 Å². The molecule has 1 aromatic heterocycles. The number of oxazole rings is 1. The van der Waals surface area contributed by atoms with E-state index >= 15 is 0 Å². The van der Waals surface area contributed by atoms with Crippen molar-refractivity contribution in [1.29, 1.82) is 0 Å². The van der Waals surface area contributed by atoms with Gasteiger partial charge in [-0.25, -0.2) is 4.98 Å². The van der Waals surface area contributed by atoms with E-state index < -0.39 is 10.8 Å². The van der Waals surface area contributed by atoms with E-state index in [-0.39, 0.29) is 0 Å². The maximum atomic E-state index is 12.1. The van der Waals surface area contributed by atoms with Crippen LogP contribution in [0.5, 0.6) is 0 Å². The van der Waals surface area contributed by atoms with Crippen molar-refractivity contribution < 1.29 is 8.63 Å². The van der Waals surface area contributed by atoms with Crippen LogP contribution in [0.15, 0.2) is 22.6 Å².